The maximum absolute atomic E-state index is 11.8. The van der Waals surface area contributed by atoms with Crippen molar-refractivity contribution in [3.05, 3.63) is 12.7 Å². The minimum absolute atomic E-state index is 0.00755. The molecule has 0 rings (SSSR count). The molecule has 82 valence electrons. The zero-order chi connectivity index (χ0) is 11.4. The molecular formula is C11H22N2O. The molecule has 0 radical (unpaired) electrons. The zero-order valence-corrected chi connectivity index (χ0v) is 9.68. The minimum atomic E-state index is -0.561. The molecule has 0 bridgehead atoms. The van der Waals surface area contributed by atoms with Gasteiger partial charge in [-0.15, -0.1) is 6.58 Å². The van der Waals surface area contributed by atoms with Gasteiger partial charge in [0.1, 0.15) is 0 Å². The molecular weight excluding hydrogens is 176 g/mol. The van der Waals surface area contributed by atoms with Crippen LogP contribution >= 0.6 is 0 Å². The predicted molar refractivity (Wildman–Crippen MR) is 59.9 cm³/mol. The third-order valence-electron chi connectivity index (χ3n) is 2.81. The highest BCUT2D eigenvalue weighted by molar-refractivity contribution is 5.83. The molecule has 14 heavy (non-hydrogen) atoms. The zero-order valence-electron chi connectivity index (χ0n) is 9.68. The van der Waals surface area contributed by atoms with Gasteiger partial charge < -0.3 is 11.1 Å². The van der Waals surface area contributed by atoms with Crippen LogP contribution in [-0.4, -0.2) is 18.0 Å². The summed E-state index contributed by atoms with van der Waals surface area (Å²) in [7, 11) is 0. The fourth-order valence-electron chi connectivity index (χ4n) is 0.801. The lowest BCUT2D eigenvalue weighted by molar-refractivity contribution is -0.132. The summed E-state index contributed by atoms with van der Waals surface area (Å²) in [6, 6.07) is 0. The van der Waals surface area contributed by atoms with Gasteiger partial charge >= 0.3 is 0 Å². The summed E-state index contributed by atoms with van der Waals surface area (Å²) < 4.78 is 0. The molecule has 3 heteroatoms. The van der Waals surface area contributed by atoms with Gasteiger partial charge in [-0.3, -0.25) is 4.79 Å². The fourth-order valence-corrected chi connectivity index (χ4v) is 0.801. The number of nitrogens with one attached hydrogen (secondary N) is 1. The molecule has 0 heterocycles. The van der Waals surface area contributed by atoms with Crippen LogP contribution in [0, 0.1) is 5.41 Å². The maximum Gasteiger partial charge on any atom is 0.227 e. The normalized spacial score (nSPS) is 12.4. The van der Waals surface area contributed by atoms with E-state index in [4.69, 9.17) is 5.73 Å². The number of nitrogens with two attached hydrogens (primary N) is 1. The highest BCUT2D eigenvalue weighted by atomic mass is 16.2. The van der Waals surface area contributed by atoms with Crippen molar-refractivity contribution < 1.29 is 4.79 Å². The van der Waals surface area contributed by atoms with E-state index in [9.17, 15) is 4.79 Å². The van der Waals surface area contributed by atoms with E-state index < -0.39 is 11.0 Å². The van der Waals surface area contributed by atoms with Crippen LogP contribution in [0.3, 0.4) is 0 Å². The van der Waals surface area contributed by atoms with E-state index in [2.05, 4.69) is 11.9 Å². The number of hydrogen-bond donors (Lipinski definition) is 2. The van der Waals surface area contributed by atoms with Gasteiger partial charge in [-0.05, 0) is 34.1 Å². The third-order valence-corrected chi connectivity index (χ3v) is 2.81. The van der Waals surface area contributed by atoms with Gasteiger partial charge in [0.15, 0.2) is 0 Å². The summed E-state index contributed by atoms with van der Waals surface area (Å²) in [6.07, 6.45) is 2.56. The molecule has 1 amide bonds. The van der Waals surface area contributed by atoms with Gasteiger partial charge in [0, 0.05) is 12.1 Å². The van der Waals surface area contributed by atoms with Crippen molar-refractivity contribution in [1.29, 1.82) is 0 Å². The Hall–Kier alpha value is -0.830. The topological polar surface area (TPSA) is 55.1 Å². The Morgan fingerprint density at radius 2 is 1.93 bits per heavy atom. The molecule has 0 unspecified atom stereocenters. The molecule has 0 aromatic rings. The molecule has 0 atom stereocenters. The summed E-state index contributed by atoms with van der Waals surface area (Å²) in [5.41, 5.74) is 4.85. The molecule has 0 aliphatic rings. The largest absolute Gasteiger partial charge is 0.355 e. The summed E-state index contributed by atoms with van der Waals surface area (Å²) in [4.78, 5) is 11.8. The molecule has 0 aromatic heterocycles. The van der Waals surface area contributed by atoms with Crippen molar-refractivity contribution >= 4 is 5.91 Å². The molecule has 0 aromatic carbocycles. The lowest BCUT2D eigenvalue weighted by Crippen LogP contribution is -2.55. The number of rotatable bonds is 5. The number of carbonyl (C=O) groups is 1. The summed E-state index contributed by atoms with van der Waals surface area (Å²) in [5.74, 6) is -0.00755. The second kappa shape index (κ2) is 4.60. The smallest absolute Gasteiger partial charge is 0.227 e. The SMILES string of the molecule is C=CCCNC(=O)C(C)(C)C(C)(C)N. The van der Waals surface area contributed by atoms with Crippen LogP contribution in [-0.2, 0) is 4.79 Å². The summed E-state index contributed by atoms with van der Waals surface area (Å²) >= 11 is 0. The first-order valence-corrected chi connectivity index (χ1v) is 4.91. The van der Waals surface area contributed by atoms with Crippen molar-refractivity contribution in [2.24, 2.45) is 11.1 Å². The van der Waals surface area contributed by atoms with Crippen molar-refractivity contribution in [1.82, 2.24) is 5.32 Å². The van der Waals surface area contributed by atoms with Gasteiger partial charge in [0.2, 0.25) is 5.91 Å². The van der Waals surface area contributed by atoms with Crippen molar-refractivity contribution in [3.8, 4) is 0 Å². The van der Waals surface area contributed by atoms with Crippen LogP contribution in [0.2, 0.25) is 0 Å². The first-order chi connectivity index (χ1) is 6.23. The number of amides is 1. The molecule has 0 fully saturated rings. The molecule has 0 saturated carbocycles. The minimum Gasteiger partial charge on any atom is -0.355 e. The quantitative estimate of drug-likeness (QED) is 0.519. The predicted octanol–water partition coefficient (Wildman–Crippen LogP) is 1.44. The standard InChI is InChI=1S/C11H22N2O/c1-6-7-8-13-9(14)10(2,3)11(4,5)12/h6H,1,7-8,12H2,2-5H3,(H,13,14). The molecule has 3 N–H and O–H groups in total. The Morgan fingerprint density at radius 1 is 1.43 bits per heavy atom. The van der Waals surface area contributed by atoms with Crippen LogP contribution in [0.5, 0.6) is 0 Å². The highest BCUT2D eigenvalue weighted by Crippen LogP contribution is 2.28. The average molecular weight is 198 g/mol. The Balaban J connectivity index is 4.29. The lowest BCUT2D eigenvalue weighted by Gasteiger charge is -2.36. The van der Waals surface area contributed by atoms with Gasteiger partial charge in [0.25, 0.3) is 0 Å². The van der Waals surface area contributed by atoms with Gasteiger partial charge in [0.05, 0.1) is 5.41 Å². The van der Waals surface area contributed by atoms with Gasteiger partial charge in [-0.2, -0.15) is 0 Å². The van der Waals surface area contributed by atoms with E-state index in [1.807, 2.05) is 27.7 Å². The number of hydrogen-bond acceptors (Lipinski definition) is 2. The Bertz CT molecular complexity index is 214. The van der Waals surface area contributed by atoms with Crippen LogP contribution in [0.15, 0.2) is 12.7 Å². The monoisotopic (exact) mass is 198 g/mol. The second-order valence-corrected chi connectivity index (χ2v) is 4.68. The Morgan fingerprint density at radius 3 is 2.29 bits per heavy atom. The van der Waals surface area contributed by atoms with Crippen LogP contribution in [0.4, 0.5) is 0 Å². The van der Waals surface area contributed by atoms with E-state index in [0.29, 0.717) is 6.54 Å². The average Bonchev–Trinajstić information content (AvgIpc) is 2.02. The molecule has 0 saturated heterocycles. The van der Waals surface area contributed by atoms with E-state index in [0.717, 1.165) is 6.42 Å². The summed E-state index contributed by atoms with van der Waals surface area (Å²) in [6.45, 7) is 11.7. The highest BCUT2D eigenvalue weighted by Gasteiger charge is 2.39. The maximum atomic E-state index is 11.8. The van der Waals surface area contributed by atoms with Crippen molar-refractivity contribution in [2.45, 2.75) is 39.7 Å². The molecule has 0 spiro atoms. The number of carbonyl (C=O) groups excluding carboxylic acids is 1. The summed E-state index contributed by atoms with van der Waals surface area (Å²) in [5, 5.41) is 2.84. The molecule has 0 aliphatic carbocycles. The van der Waals surface area contributed by atoms with E-state index in [-0.39, 0.29) is 5.91 Å². The van der Waals surface area contributed by atoms with Crippen molar-refractivity contribution in [3.63, 3.8) is 0 Å². The van der Waals surface area contributed by atoms with Crippen LogP contribution in [0.1, 0.15) is 34.1 Å². The van der Waals surface area contributed by atoms with Gasteiger partial charge in [-0.25, -0.2) is 0 Å². The lowest BCUT2D eigenvalue weighted by atomic mass is 9.74. The molecule has 3 nitrogen and oxygen atoms in total. The fraction of sp³-hybridized carbons (Fsp3) is 0.727. The molecule has 0 aliphatic heterocycles. The van der Waals surface area contributed by atoms with E-state index in [1.165, 1.54) is 0 Å². The third kappa shape index (κ3) is 3.14. The first kappa shape index (κ1) is 13.2. The van der Waals surface area contributed by atoms with Crippen molar-refractivity contribution in [2.75, 3.05) is 6.54 Å². The first-order valence-electron chi connectivity index (χ1n) is 4.91. The van der Waals surface area contributed by atoms with Gasteiger partial charge in [-0.1, -0.05) is 6.08 Å². The van der Waals surface area contributed by atoms with Crippen LogP contribution < -0.4 is 11.1 Å². The second-order valence-electron chi connectivity index (χ2n) is 4.68. The van der Waals surface area contributed by atoms with E-state index in [1.54, 1.807) is 6.08 Å². The van der Waals surface area contributed by atoms with Crippen LogP contribution in [0.25, 0.3) is 0 Å². The van der Waals surface area contributed by atoms with E-state index >= 15 is 0 Å². The Kier molecular flexibility index (Phi) is 4.33. The Labute approximate surface area is 86.8 Å².